The number of hydrogen-bond acceptors (Lipinski definition) is 2. The lowest BCUT2D eigenvalue weighted by Crippen LogP contribution is -2.39. The molecule has 1 N–H and O–H groups in total. The quantitative estimate of drug-likeness (QED) is 0.730. The lowest BCUT2D eigenvalue weighted by atomic mass is 10.3. The maximum atomic E-state index is 11.3. The van der Waals surface area contributed by atoms with Crippen LogP contribution in [0, 0.1) is 0 Å². The standard InChI is InChI=1S/C10H12N2O2/c1-8(13)11-10(14)12(2)9-6-4-3-5-7-9/h3-7H,1-2H3,(H,11,13,14). The Balaban J connectivity index is 2.71. The summed E-state index contributed by atoms with van der Waals surface area (Å²) < 4.78 is 0. The summed E-state index contributed by atoms with van der Waals surface area (Å²) in [6.45, 7) is 1.30. The molecule has 4 nitrogen and oxygen atoms in total. The summed E-state index contributed by atoms with van der Waals surface area (Å²) in [5.74, 6) is -0.363. The van der Waals surface area contributed by atoms with E-state index in [1.165, 1.54) is 11.8 Å². The maximum Gasteiger partial charge on any atom is 0.328 e. The first kappa shape index (κ1) is 10.2. The van der Waals surface area contributed by atoms with Gasteiger partial charge in [-0.05, 0) is 12.1 Å². The second kappa shape index (κ2) is 4.41. The van der Waals surface area contributed by atoms with Crippen molar-refractivity contribution in [3.8, 4) is 0 Å². The Kier molecular flexibility index (Phi) is 3.23. The first-order valence-corrected chi connectivity index (χ1v) is 4.21. The highest BCUT2D eigenvalue weighted by molar-refractivity contribution is 6.01. The Morgan fingerprint density at radius 2 is 1.79 bits per heavy atom. The molecule has 4 heteroatoms. The molecule has 0 unspecified atom stereocenters. The smallest absolute Gasteiger partial charge is 0.297 e. The Labute approximate surface area is 82.5 Å². The molecular weight excluding hydrogens is 180 g/mol. The van der Waals surface area contributed by atoms with Crippen LogP contribution in [-0.2, 0) is 4.79 Å². The number of amides is 3. The van der Waals surface area contributed by atoms with E-state index >= 15 is 0 Å². The summed E-state index contributed by atoms with van der Waals surface area (Å²) in [5, 5.41) is 2.19. The predicted octanol–water partition coefficient (Wildman–Crippen LogP) is 1.38. The van der Waals surface area contributed by atoms with E-state index < -0.39 is 6.03 Å². The summed E-state index contributed by atoms with van der Waals surface area (Å²) in [5.41, 5.74) is 0.742. The van der Waals surface area contributed by atoms with Crippen molar-refractivity contribution in [1.29, 1.82) is 0 Å². The Morgan fingerprint density at radius 3 is 2.29 bits per heavy atom. The molecule has 0 aromatic heterocycles. The van der Waals surface area contributed by atoms with Crippen molar-refractivity contribution < 1.29 is 9.59 Å². The van der Waals surface area contributed by atoms with Crippen LogP contribution in [0.2, 0.25) is 0 Å². The number of para-hydroxylation sites is 1. The van der Waals surface area contributed by atoms with Crippen LogP contribution in [0.25, 0.3) is 0 Å². The second-order valence-electron chi connectivity index (χ2n) is 2.88. The molecule has 0 radical (unpaired) electrons. The van der Waals surface area contributed by atoms with Crippen LogP contribution in [0.15, 0.2) is 30.3 Å². The average Bonchev–Trinajstić information content (AvgIpc) is 2.17. The largest absolute Gasteiger partial charge is 0.328 e. The van der Waals surface area contributed by atoms with Crippen molar-refractivity contribution in [3.63, 3.8) is 0 Å². The molecule has 0 aliphatic heterocycles. The van der Waals surface area contributed by atoms with E-state index in [2.05, 4.69) is 5.32 Å². The van der Waals surface area contributed by atoms with Crippen molar-refractivity contribution in [2.24, 2.45) is 0 Å². The first-order valence-electron chi connectivity index (χ1n) is 4.21. The number of nitrogens with one attached hydrogen (secondary N) is 1. The monoisotopic (exact) mass is 192 g/mol. The SMILES string of the molecule is CC(=O)NC(=O)N(C)c1ccccc1. The van der Waals surface area contributed by atoms with Gasteiger partial charge in [0.2, 0.25) is 5.91 Å². The number of imide groups is 1. The van der Waals surface area contributed by atoms with Gasteiger partial charge in [-0.25, -0.2) is 4.79 Å². The van der Waals surface area contributed by atoms with E-state index in [4.69, 9.17) is 0 Å². The first-order chi connectivity index (χ1) is 6.61. The minimum atomic E-state index is -0.427. The molecule has 0 spiro atoms. The number of urea groups is 1. The summed E-state index contributed by atoms with van der Waals surface area (Å²) in [7, 11) is 1.60. The number of carbonyl (C=O) groups excluding carboxylic acids is 2. The Morgan fingerprint density at radius 1 is 1.21 bits per heavy atom. The molecule has 0 saturated carbocycles. The zero-order valence-corrected chi connectivity index (χ0v) is 8.15. The minimum Gasteiger partial charge on any atom is -0.297 e. The van der Waals surface area contributed by atoms with E-state index in [9.17, 15) is 9.59 Å². The van der Waals surface area contributed by atoms with Crippen LogP contribution in [0.1, 0.15) is 6.92 Å². The van der Waals surface area contributed by atoms with Crippen molar-refractivity contribution in [2.75, 3.05) is 11.9 Å². The van der Waals surface area contributed by atoms with E-state index in [1.807, 2.05) is 18.2 Å². The fraction of sp³-hybridized carbons (Fsp3) is 0.200. The van der Waals surface area contributed by atoms with Crippen molar-refractivity contribution in [1.82, 2.24) is 5.32 Å². The van der Waals surface area contributed by atoms with Crippen LogP contribution in [-0.4, -0.2) is 19.0 Å². The molecule has 0 fully saturated rings. The zero-order valence-electron chi connectivity index (χ0n) is 8.15. The number of benzene rings is 1. The van der Waals surface area contributed by atoms with Crippen molar-refractivity contribution in [3.05, 3.63) is 30.3 Å². The van der Waals surface area contributed by atoms with Gasteiger partial charge in [0.25, 0.3) is 0 Å². The van der Waals surface area contributed by atoms with Crippen LogP contribution >= 0.6 is 0 Å². The van der Waals surface area contributed by atoms with Crippen LogP contribution in [0.4, 0.5) is 10.5 Å². The average molecular weight is 192 g/mol. The van der Waals surface area contributed by atoms with E-state index in [1.54, 1.807) is 19.2 Å². The molecule has 0 atom stereocenters. The van der Waals surface area contributed by atoms with Gasteiger partial charge in [-0.1, -0.05) is 18.2 Å². The molecule has 0 heterocycles. The molecule has 74 valence electrons. The molecule has 3 amide bonds. The normalized spacial score (nSPS) is 9.29. The van der Waals surface area contributed by atoms with Crippen LogP contribution < -0.4 is 10.2 Å². The molecule has 1 aromatic rings. The Bertz CT molecular complexity index is 335. The summed E-state index contributed by atoms with van der Waals surface area (Å²) >= 11 is 0. The minimum absolute atomic E-state index is 0.363. The highest BCUT2D eigenvalue weighted by atomic mass is 16.2. The number of anilines is 1. The molecular formula is C10H12N2O2. The van der Waals surface area contributed by atoms with E-state index in [0.717, 1.165) is 5.69 Å². The highest BCUT2D eigenvalue weighted by Crippen LogP contribution is 2.10. The Hall–Kier alpha value is -1.84. The van der Waals surface area contributed by atoms with E-state index in [0.29, 0.717) is 0 Å². The van der Waals surface area contributed by atoms with Gasteiger partial charge in [0.05, 0.1) is 0 Å². The lowest BCUT2D eigenvalue weighted by Gasteiger charge is -2.16. The van der Waals surface area contributed by atoms with Gasteiger partial charge in [-0.3, -0.25) is 15.0 Å². The number of rotatable bonds is 1. The highest BCUT2D eigenvalue weighted by Gasteiger charge is 2.10. The zero-order chi connectivity index (χ0) is 10.6. The number of hydrogen-bond donors (Lipinski definition) is 1. The molecule has 1 aromatic carbocycles. The summed E-state index contributed by atoms with van der Waals surface area (Å²) in [6, 6.07) is 8.67. The predicted molar refractivity (Wildman–Crippen MR) is 54.1 cm³/mol. The molecule has 0 aliphatic carbocycles. The third-order valence-corrected chi connectivity index (χ3v) is 1.73. The fourth-order valence-electron chi connectivity index (χ4n) is 1.00. The molecule has 14 heavy (non-hydrogen) atoms. The topological polar surface area (TPSA) is 49.4 Å². The number of carbonyl (C=O) groups is 2. The van der Waals surface area contributed by atoms with Gasteiger partial charge >= 0.3 is 6.03 Å². The van der Waals surface area contributed by atoms with Gasteiger partial charge in [-0.15, -0.1) is 0 Å². The van der Waals surface area contributed by atoms with Gasteiger partial charge in [0, 0.05) is 19.7 Å². The van der Waals surface area contributed by atoms with Crippen LogP contribution in [0.3, 0.4) is 0 Å². The van der Waals surface area contributed by atoms with Gasteiger partial charge < -0.3 is 0 Å². The number of nitrogens with zero attached hydrogens (tertiary/aromatic N) is 1. The maximum absolute atomic E-state index is 11.3. The third-order valence-electron chi connectivity index (χ3n) is 1.73. The van der Waals surface area contributed by atoms with Gasteiger partial charge in [0.15, 0.2) is 0 Å². The summed E-state index contributed by atoms with van der Waals surface area (Å²) in [4.78, 5) is 23.4. The second-order valence-corrected chi connectivity index (χ2v) is 2.88. The van der Waals surface area contributed by atoms with Crippen molar-refractivity contribution >= 4 is 17.6 Å². The van der Waals surface area contributed by atoms with Gasteiger partial charge in [-0.2, -0.15) is 0 Å². The van der Waals surface area contributed by atoms with Gasteiger partial charge in [0.1, 0.15) is 0 Å². The molecule has 1 rings (SSSR count). The lowest BCUT2D eigenvalue weighted by molar-refractivity contribution is -0.117. The van der Waals surface area contributed by atoms with E-state index in [-0.39, 0.29) is 5.91 Å². The summed E-state index contributed by atoms with van der Waals surface area (Å²) in [6.07, 6.45) is 0. The van der Waals surface area contributed by atoms with Crippen molar-refractivity contribution in [2.45, 2.75) is 6.92 Å². The molecule has 0 bridgehead atoms. The van der Waals surface area contributed by atoms with Crippen LogP contribution in [0.5, 0.6) is 0 Å². The third kappa shape index (κ3) is 2.58. The molecule has 0 aliphatic rings. The molecule has 0 saturated heterocycles. The fourth-order valence-corrected chi connectivity index (χ4v) is 1.00.